The van der Waals surface area contributed by atoms with E-state index in [1.807, 2.05) is 37.3 Å². The Morgan fingerprint density at radius 3 is 2.85 bits per heavy atom. The first-order valence-electron chi connectivity index (χ1n) is 6.30. The fraction of sp³-hybridized carbons (Fsp3) is 0.231. The van der Waals surface area contributed by atoms with Gasteiger partial charge in [0.1, 0.15) is 6.17 Å². The zero-order valence-electron chi connectivity index (χ0n) is 11.0. The van der Waals surface area contributed by atoms with Crippen molar-refractivity contribution < 1.29 is 0 Å². The molecule has 1 unspecified atom stereocenters. The van der Waals surface area contributed by atoms with Crippen LogP contribution >= 0.6 is 11.6 Å². The van der Waals surface area contributed by atoms with Gasteiger partial charge in [0.05, 0.1) is 5.69 Å². The first-order chi connectivity index (χ1) is 9.65. The summed E-state index contributed by atoms with van der Waals surface area (Å²) in [6.45, 7) is 2.39. The SMILES string of the molecule is Cc1cc(=Nc2ccc(Cl)cc2)n2c(n1)NC(CN)N2. The van der Waals surface area contributed by atoms with E-state index < -0.39 is 0 Å². The first-order valence-corrected chi connectivity index (χ1v) is 6.67. The number of aromatic nitrogens is 2. The zero-order valence-corrected chi connectivity index (χ0v) is 11.7. The van der Waals surface area contributed by atoms with Gasteiger partial charge >= 0.3 is 0 Å². The van der Waals surface area contributed by atoms with Crippen molar-refractivity contribution >= 4 is 23.2 Å². The van der Waals surface area contributed by atoms with E-state index in [1.165, 1.54) is 0 Å². The quantitative estimate of drug-likeness (QED) is 0.779. The fourth-order valence-electron chi connectivity index (χ4n) is 2.02. The molecule has 1 atom stereocenters. The van der Waals surface area contributed by atoms with Crippen LogP contribution in [0.2, 0.25) is 5.02 Å². The average Bonchev–Trinajstić information content (AvgIpc) is 2.84. The number of rotatable bonds is 2. The van der Waals surface area contributed by atoms with Crippen LogP contribution in [0.25, 0.3) is 0 Å². The lowest BCUT2D eigenvalue weighted by Gasteiger charge is -2.07. The third kappa shape index (κ3) is 2.48. The van der Waals surface area contributed by atoms with E-state index in [1.54, 1.807) is 4.68 Å². The van der Waals surface area contributed by atoms with Crippen molar-refractivity contribution in [2.45, 2.75) is 13.1 Å². The van der Waals surface area contributed by atoms with Crippen molar-refractivity contribution in [2.75, 3.05) is 17.3 Å². The van der Waals surface area contributed by atoms with Crippen molar-refractivity contribution in [1.82, 2.24) is 9.66 Å². The molecule has 7 heteroatoms. The summed E-state index contributed by atoms with van der Waals surface area (Å²) in [5.74, 6) is 0.716. The molecule has 20 heavy (non-hydrogen) atoms. The number of nitrogens with zero attached hydrogens (tertiary/aromatic N) is 3. The standard InChI is InChI=1S/C13H15ClN6/c1-8-6-12(17-10-4-2-9(14)3-5-10)20-13(16-8)18-11(7-15)19-20/h2-6,11,19H,7,15H2,1H3,(H,16,18). The predicted octanol–water partition coefficient (Wildman–Crippen LogP) is 1.33. The molecule has 0 radical (unpaired) electrons. The molecule has 0 bridgehead atoms. The molecule has 2 aromatic rings. The highest BCUT2D eigenvalue weighted by Crippen LogP contribution is 2.16. The Morgan fingerprint density at radius 1 is 1.40 bits per heavy atom. The Kier molecular flexibility index (Phi) is 3.33. The van der Waals surface area contributed by atoms with Gasteiger partial charge in [-0.1, -0.05) is 11.6 Å². The molecule has 104 valence electrons. The van der Waals surface area contributed by atoms with Gasteiger partial charge in [-0.05, 0) is 31.2 Å². The van der Waals surface area contributed by atoms with E-state index in [-0.39, 0.29) is 6.17 Å². The van der Waals surface area contributed by atoms with Gasteiger partial charge in [0.25, 0.3) is 0 Å². The van der Waals surface area contributed by atoms with Crippen LogP contribution in [0, 0.1) is 6.92 Å². The highest BCUT2D eigenvalue weighted by molar-refractivity contribution is 6.30. The molecule has 0 amide bonds. The maximum absolute atomic E-state index is 5.88. The number of hydrogen-bond acceptors (Lipinski definition) is 5. The second kappa shape index (κ2) is 5.15. The van der Waals surface area contributed by atoms with Gasteiger partial charge in [-0.3, -0.25) is 5.43 Å². The van der Waals surface area contributed by atoms with E-state index >= 15 is 0 Å². The molecule has 0 aliphatic carbocycles. The topological polar surface area (TPSA) is 80.3 Å². The van der Waals surface area contributed by atoms with Crippen LogP contribution in [0.15, 0.2) is 35.3 Å². The number of nitrogens with two attached hydrogens (primary N) is 1. The minimum absolute atomic E-state index is 0.0385. The number of nitrogens with one attached hydrogen (secondary N) is 2. The number of aryl methyl sites for hydroxylation is 1. The Labute approximate surface area is 121 Å². The van der Waals surface area contributed by atoms with Crippen LogP contribution in [-0.2, 0) is 0 Å². The lowest BCUT2D eigenvalue weighted by atomic mass is 10.3. The van der Waals surface area contributed by atoms with Gasteiger partial charge in [-0.25, -0.2) is 14.7 Å². The molecule has 1 aliphatic rings. The maximum atomic E-state index is 5.88. The molecule has 4 N–H and O–H groups in total. The van der Waals surface area contributed by atoms with E-state index in [4.69, 9.17) is 17.3 Å². The molecule has 2 heterocycles. The van der Waals surface area contributed by atoms with E-state index in [0.717, 1.165) is 16.9 Å². The summed E-state index contributed by atoms with van der Waals surface area (Å²) in [7, 11) is 0. The molecule has 6 nitrogen and oxygen atoms in total. The molecular formula is C13H15ClN6. The highest BCUT2D eigenvalue weighted by Gasteiger charge is 2.19. The fourth-order valence-corrected chi connectivity index (χ4v) is 2.15. The molecule has 0 saturated carbocycles. The predicted molar refractivity (Wildman–Crippen MR) is 79.5 cm³/mol. The van der Waals surface area contributed by atoms with E-state index in [0.29, 0.717) is 17.5 Å². The van der Waals surface area contributed by atoms with Crippen molar-refractivity contribution in [2.24, 2.45) is 10.7 Å². The maximum Gasteiger partial charge on any atom is 0.225 e. The second-order valence-electron chi connectivity index (χ2n) is 4.56. The number of halogens is 1. The monoisotopic (exact) mass is 290 g/mol. The molecule has 1 aromatic carbocycles. The third-order valence-corrected chi connectivity index (χ3v) is 3.21. The summed E-state index contributed by atoms with van der Waals surface area (Å²) in [5, 5.41) is 3.89. The van der Waals surface area contributed by atoms with Gasteiger partial charge in [-0.2, -0.15) is 0 Å². The van der Waals surface area contributed by atoms with Gasteiger partial charge in [-0.15, -0.1) is 0 Å². The molecule has 1 aliphatic heterocycles. The average molecular weight is 291 g/mol. The van der Waals surface area contributed by atoms with Crippen molar-refractivity contribution in [3.8, 4) is 0 Å². The number of benzene rings is 1. The molecule has 0 fully saturated rings. The molecule has 0 saturated heterocycles. The minimum Gasteiger partial charge on any atom is -0.332 e. The molecule has 1 aromatic heterocycles. The molecule has 3 rings (SSSR count). The summed E-state index contributed by atoms with van der Waals surface area (Å²) in [4.78, 5) is 9.03. The lowest BCUT2D eigenvalue weighted by molar-refractivity contribution is 0.751. The Bertz CT molecular complexity index is 691. The normalized spacial score (nSPS) is 17.6. The van der Waals surface area contributed by atoms with E-state index in [2.05, 4.69) is 20.7 Å². The highest BCUT2D eigenvalue weighted by atomic mass is 35.5. The van der Waals surface area contributed by atoms with Crippen LogP contribution in [0.4, 0.5) is 11.6 Å². The van der Waals surface area contributed by atoms with Crippen LogP contribution in [0.1, 0.15) is 5.69 Å². The molecular weight excluding hydrogens is 276 g/mol. The lowest BCUT2D eigenvalue weighted by Crippen LogP contribution is -2.36. The number of anilines is 1. The van der Waals surface area contributed by atoms with Crippen molar-refractivity contribution in [1.29, 1.82) is 0 Å². The van der Waals surface area contributed by atoms with Gasteiger partial charge in [0.2, 0.25) is 5.95 Å². The van der Waals surface area contributed by atoms with Gasteiger partial charge in [0, 0.05) is 23.3 Å². The molecule has 0 spiro atoms. The Hall–Kier alpha value is -2.05. The number of hydrogen-bond donors (Lipinski definition) is 3. The smallest absolute Gasteiger partial charge is 0.225 e. The largest absolute Gasteiger partial charge is 0.332 e. The van der Waals surface area contributed by atoms with Crippen molar-refractivity contribution in [3.63, 3.8) is 0 Å². The van der Waals surface area contributed by atoms with Crippen LogP contribution in [0.3, 0.4) is 0 Å². The first kappa shape index (κ1) is 13.0. The van der Waals surface area contributed by atoms with E-state index in [9.17, 15) is 0 Å². The summed E-state index contributed by atoms with van der Waals surface area (Å²) in [5.41, 5.74) is 11.3. The summed E-state index contributed by atoms with van der Waals surface area (Å²) in [6.07, 6.45) is -0.0385. The van der Waals surface area contributed by atoms with Crippen molar-refractivity contribution in [3.05, 3.63) is 46.5 Å². The second-order valence-corrected chi connectivity index (χ2v) is 5.00. The Morgan fingerprint density at radius 2 is 2.15 bits per heavy atom. The van der Waals surface area contributed by atoms with Gasteiger partial charge < -0.3 is 11.1 Å². The minimum atomic E-state index is -0.0385. The van der Waals surface area contributed by atoms with Crippen LogP contribution in [0.5, 0.6) is 0 Å². The zero-order chi connectivity index (χ0) is 14.1. The van der Waals surface area contributed by atoms with Crippen LogP contribution < -0.4 is 22.0 Å². The Balaban J connectivity index is 2.08. The number of fused-ring (bicyclic) bond motifs is 1. The van der Waals surface area contributed by atoms with Crippen LogP contribution in [-0.4, -0.2) is 22.4 Å². The summed E-state index contributed by atoms with van der Waals surface area (Å²) < 4.78 is 1.80. The summed E-state index contributed by atoms with van der Waals surface area (Å²) in [6, 6.07) is 9.27. The van der Waals surface area contributed by atoms with Gasteiger partial charge in [0.15, 0.2) is 5.49 Å². The third-order valence-electron chi connectivity index (χ3n) is 2.96. The summed E-state index contributed by atoms with van der Waals surface area (Å²) >= 11 is 5.88.